The summed E-state index contributed by atoms with van der Waals surface area (Å²) in [4.78, 5) is 4.73. The van der Waals surface area contributed by atoms with E-state index in [9.17, 15) is 0 Å². The van der Waals surface area contributed by atoms with Crippen LogP contribution in [0.5, 0.6) is 0 Å². The molecule has 0 amide bonds. The Morgan fingerprint density at radius 2 is 1.96 bits per heavy atom. The Morgan fingerprint density at radius 1 is 1.21 bits per heavy atom. The van der Waals surface area contributed by atoms with Gasteiger partial charge in [0.15, 0.2) is 5.96 Å². The van der Waals surface area contributed by atoms with E-state index in [1.54, 1.807) is 0 Å². The Hall–Kier alpha value is -1.52. The van der Waals surface area contributed by atoms with Crippen LogP contribution in [0.25, 0.3) is 0 Å². The van der Waals surface area contributed by atoms with Crippen molar-refractivity contribution in [3.05, 3.63) is 17.0 Å². The molecular formula is C19H35N5. The van der Waals surface area contributed by atoms with Gasteiger partial charge >= 0.3 is 0 Å². The molecule has 0 bridgehead atoms. The Balaban J connectivity index is 1.75. The molecule has 0 unspecified atom stereocenters. The van der Waals surface area contributed by atoms with Gasteiger partial charge in [-0.3, -0.25) is 4.68 Å². The Kier molecular flexibility index (Phi) is 7.60. The lowest BCUT2D eigenvalue weighted by molar-refractivity contribution is 0.472. The Bertz CT molecular complexity index is 526. The van der Waals surface area contributed by atoms with Crippen LogP contribution in [0.1, 0.15) is 68.8 Å². The fourth-order valence-corrected chi connectivity index (χ4v) is 3.61. The van der Waals surface area contributed by atoms with Gasteiger partial charge in [0.2, 0.25) is 0 Å². The topological polar surface area (TPSA) is 54.2 Å². The summed E-state index contributed by atoms with van der Waals surface area (Å²) in [7, 11) is 1.99. The quantitative estimate of drug-likeness (QED) is 0.435. The zero-order valence-corrected chi connectivity index (χ0v) is 16.0. The van der Waals surface area contributed by atoms with Crippen molar-refractivity contribution in [2.45, 2.75) is 72.3 Å². The van der Waals surface area contributed by atoms with Crippen molar-refractivity contribution in [1.82, 2.24) is 20.4 Å². The monoisotopic (exact) mass is 333 g/mol. The van der Waals surface area contributed by atoms with Crippen LogP contribution in [0, 0.1) is 19.8 Å². The largest absolute Gasteiger partial charge is 0.357 e. The summed E-state index contributed by atoms with van der Waals surface area (Å²) in [5.41, 5.74) is 3.51. The molecule has 2 N–H and O–H groups in total. The molecule has 136 valence electrons. The number of nitrogens with zero attached hydrogens (tertiary/aromatic N) is 3. The summed E-state index contributed by atoms with van der Waals surface area (Å²) in [5, 5.41) is 11.3. The maximum Gasteiger partial charge on any atom is 0.191 e. The minimum atomic E-state index is 0.683. The average Bonchev–Trinajstić information content (AvgIpc) is 3.15. The molecule has 5 heteroatoms. The predicted molar refractivity (Wildman–Crippen MR) is 101 cm³/mol. The van der Waals surface area contributed by atoms with Gasteiger partial charge in [-0.1, -0.05) is 38.5 Å². The van der Waals surface area contributed by atoms with Crippen LogP contribution in [0.2, 0.25) is 0 Å². The lowest BCUT2D eigenvalue weighted by Crippen LogP contribution is -2.37. The number of nitrogens with one attached hydrogen (secondary N) is 2. The molecule has 1 fully saturated rings. The highest BCUT2D eigenvalue weighted by atomic mass is 15.3. The Morgan fingerprint density at radius 3 is 2.58 bits per heavy atom. The third-order valence-electron chi connectivity index (χ3n) is 5.20. The SMILES string of the molecule is CCNC(=NCc1c(C)nn(C)c1C)NCCCCC1CCCC1. The molecule has 5 nitrogen and oxygen atoms in total. The number of aryl methyl sites for hydroxylation is 2. The smallest absolute Gasteiger partial charge is 0.191 e. The predicted octanol–water partition coefficient (Wildman–Crippen LogP) is 3.45. The molecule has 1 aromatic heterocycles. The van der Waals surface area contributed by atoms with E-state index in [4.69, 9.17) is 4.99 Å². The summed E-state index contributed by atoms with van der Waals surface area (Å²) in [6.45, 7) is 8.85. The van der Waals surface area contributed by atoms with Crippen LogP contribution in [0.3, 0.4) is 0 Å². The third kappa shape index (κ3) is 5.53. The van der Waals surface area contributed by atoms with E-state index < -0.39 is 0 Å². The number of hydrogen-bond donors (Lipinski definition) is 2. The van der Waals surface area contributed by atoms with Gasteiger partial charge in [-0.2, -0.15) is 5.10 Å². The molecule has 1 aliphatic rings. The first-order valence-corrected chi connectivity index (χ1v) is 9.63. The average molecular weight is 334 g/mol. The van der Waals surface area contributed by atoms with Crippen molar-refractivity contribution in [1.29, 1.82) is 0 Å². The number of unbranched alkanes of at least 4 members (excludes halogenated alkanes) is 1. The van der Waals surface area contributed by atoms with Gasteiger partial charge in [0, 0.05) is 31.4 Å². The molecule has 1 aliphatic carbocycles. The lowest BCUT2D eigenvalue weighted by atomic mass is 10.0. The zero-order chi connectivity index (χ0) is 17.4. The number of hydrogen-bond acceptors (Lipinski definition) is 2. The van der Waals surface area contributed by atoms with Crippen LogP contribution < -0.4 is 10.6 Å². The second kappa shape index (κ2) is 9.70. The van der Waals surface area contributed by atoms with Gasteiger partial charge in [0.05, 0.1) is 12.2 Å². The molecule has 0 aromatic carbocycles. The molecule has 0 spiro atoms. The van der Waals surface area contributed by atoms with Crippen LogP contribution in [-0.2, 0) is 13.6 Å². The first-order valence-electron chi connectivity index (χ1n) is 9.63. The normalized spacial score (nSPS) is 15.9. The first-order chi connectivity index (χ1) is 11.6. The van der Waals surface area contributed by atoms with Gasteiger partial charge in [0.25, 0.3) is 0 Å². The van der Waals surface area contributed by atoms with E-state index >= 15 is 0 Å². The first kappa shape index (κ1) is 18.8. The molecule has 0 saturated heterocycles. The van der Waals surface area contributed by atoms with Crippen LogP contribution in [-0.4, -0.2) is 28.8 Å². The summed E-state index contributed by atoms with van der Waals surface area (Å²) in [6, 6.07) is 0. The van der Waals surface area contributed by atoms with Gasteiger partial charge in [-0.15, -0.1) is 0 Å². The standard InChI is InChI=1S/C19H35N5/c1-5-20-19(21-13-9-8-12-17-10-6-7-11-17)22-14-18-15(2)23-24(4)16(18)3/h17H,5-14H2,1-4H3,(H2,20,21,22). The summed E-state index contributed by atoms with van der Waals surface area (Å²) in [6.07, 6.45) is 9.79. The highest BCUT2D eigenvalue weighted by Gasteiger charge is 2.14. The molecule has 0 radical (unpaired) electrons. The minimum absolute atomic E-state index is 0.683. The third-order valence-corrected chi connectivity index (χ3v) is 5.20. The van der Waals surface area contributed by atoms with Crippen LogP contribution in [0.15, 0.2) is 4.99 Å². The van der Waals surface area contributed by atoms with E-state index in [1.807, 2.05) is 11.7 Å². The molecule has 0 aliphatic heterocycles. The zero-order valence-electron chi connectivity index (χ0n) is 16.0. The second-order valence-electron chi connectivity index (χ2n) is 7.04. The highest BCUT2D eigenvalue weighted by molar-refractivity contribution is 5.79. The van der Waals surface area contributed by atoms with Gasteiger partial charge in [-0.25, -0.2) is 4.99 Å². The maximum absolute atomic E-state index is 4.73. The number of aromatic nitrogens is 2. The van der Waals surface area contributed by atoms with E-state index in [0.29, 0.717) is 6.54 Å². The van der Waals surface area contributed by atoms with Crippen molar-refractivity contribution < 1.29 is 0 Å². The van der Waals surface area contributed by atoms with Gasteiger partial charge in [-0.05, 0) is 33.1 Å². The van der Waals surface area contributed by atoms with E-state index in [1.165, 1.54) is 56.2 Å². The van der Waals surface area contributed by atoms with Gasteiger partial charge in [0.1, 0.15) is 0 Å². The molecule has 0 atom stereocenters. The molecule has 2 rings (SSSR count). The molecule has 1 aromatic rings. The molecular weight excluding hydrogens is 298 g/mol. The lowest BCUT2D eigenvalue weighted by Gasteiger charge is -2.12. The van der Waals surface area contributed by atoms with Gasteiger partial charge < -0.3 is 10.6 Å². The number of aliphatic imine (C=N–C) groups is 1. The number of guanidine groups is 1. The van der Waals surface area contributed by atoms with E-state index in [-0.39, 0.29) is 0 Å². The van der Waals surface area contributed by atoms with Crippen molar-refractivity contribution in [3.8, 4) is 0 Å². The summed E-state index contributed by atoms with van der Waals surface area (Å²) < 4.78 is 1.93. The molecule has 1 saturated carbocycles. The van der Waals surface area contributed by atoms with Crippen LogP contribution in [0.4, 0.5) is 0 Å². The Labute approximate surface area is 147 Å². The summed E-state index contributed by atoms with van der Waals surface area (Å²) in [5.74, 6) is 1.92. The van der Waals surface area contributed by atoms with Crippen molar-refractivity contribution in [2.75, 3.05) is 13.1 Å². The summed E-state index contributed by atoms with van der Waals surface area (Å²) >= 11 is 0. The van der Waals surface area contributed by atoms with Crippen molar-refractivity contribution in [3.63, 3.8) is 0 Å². The van der Waals surface area contributed by atoms with Crippen LogP contribution >= 0.6 is 0 Å². The maximum atomic E-state index is 4.73. The fraction of sp³-hybridized carbons (Fsp3) is 0.789. The molecule has 24 heavy (non-hydrogen) atoms. The molecule has 1 heterocycles. The second-order valence-corrected chi connectivity index (χ2v) is 7.04. The van der Waals surface area contributed by atoms with E-state index in [0.717, 1.165) is 30.7 Å². The fourth-order valence-electron chi connectivity index (χ4n) is 3.61. The number of rotatable bonds is 8. The van der Waals surface area contributed by atoms with Crippen molar-refractivity contribution >= 4 is 5.96 Å². The van der Waals surface area contributed by atoms with Crippen molar-refractivity contribution in [2.24, 2.45) is 18.0 Å². The van der Waals surface area contributed by atoms with E-state index in [2.05, 4.69) is 36.5 Å². The minimum Gasteiger partial charge on any atom is -0.357 e. The highest BCUT2D eigenvalue weighted by Crippen LogP contribution is 2.28.